The molecule has 2 aromatic heterocycles. The Morgan fingerprint density at radius 1 is 1.50 bits per heavy atom. The van der Waals surface area contributed by atoms with E-state index in [1.54, 1.807) is 19.2 Å². The Bertz CT molecular complexity index is 477. The van der Waals surface area contributed by atoms with Gasteiger partial charge in [-0.2, -0.15) is 5.26 Å². The van der Waals surface area contributed by atoms with E-state index >= 15 is 0 Å². The van der Waals surface area contributed by atoms with E-state index in [0.29, 0.717) is 17.1 Å². The number of hydrogen-bond donors (Lipinski definition) is 1. The van der Waals surface area contributed by atoms with E-state index in [2.05, 4.69) is 20.4 Å². The van der Waals surface area contributed by atoms with Crippen LogP contribution in [0, 0.1) is 11.3 Å². The van der Waals surface area contributed by atoms with Crippen molar-refractivity contribution < 1.29 is 4.80 Å². The summed E-state index contributed by atoms with van der Waals surface area (Å²) in [6.45, 7) is 0. The predicted molar refractivity (Wildman–Crippen MR) is 45.5 cm³/mol. The van der Waals surface area contributed by atoms with Gasteiger partial charge in [0.1, 0.15) is 18.8 Å². The zero-order chi connectivity index (χ0) is 9.97. The van der Waals surface area contributed by atoms with Gasteiger partial charge in [0, 0.05) is 6.20 Å². The van der Waals surface area contributed by atoms with E-state index in [4.69, 9.17) is 5.26 Å². The Morgan fingerprint density at radius 3 is 2.86 bits per heavy atom. The molecule has 0 aliphatic heterocycles. The highest BCUT2D eigenvalue weighted by Gasteiger charge is 2.12. The Morgan fingerprint density at radius 2 is 2.36 bits per heavy atom. The molecule has 0 aromatic carbocycles. The summed E-state index contributed by atoms with van der Waals surface area (Å²) in [5.74, 6) is 0.511. The second-order valence-electron chi connectivity index (χ2n) is 2.70. The Hall–Kier alpha value is -2.29. The van der Waals surface area contributed by atoms with Crippen LogP contribution >= 0.6 is 0 Å². The molecule has 6 nitrogen and oxygen atoms in total. The van der Waals surface area contributed by atoms with E-state index in [1.807, 2.05) is 6.07 Å². The Kier molecular flexibility index (Phi) is 1.91. The number of rotatable bonds is 1. The summed E-state index contributed by atoms with van der Waals surface area (Å²) in [5.41, 5.74) is 1.16. The van der Waals surface area contributed by atoms with Crippen LogP contribution in [0.2, 0.25) is 0 Å². The standard InChI is InChI=1S/C8H6N6/c1-14-12-8(11-13-14)7-3-2-6(4-9)5-10-7/h2-3,5H,1H3/p+1. The quantitative estimate of drug-likeness (QED) is 0.614. The molecule has 0 bridgehead atoms. The van der Waals surface area contributed by atoms with Crippen molar-refractivity contribution in [2.45, 2.75) is 0 Å². The number of H-pyrrole nitrogens is 1. The van der Waals surface area contributed by atoms with Crippen LogP contribution in [0.15, 0.2) is 18.3 Å². The number of aryl methyl sites for hydroxylation is 1. The van der Waals surface area contributed by atoms with Crippen molar-refractivity contribution >= 4 is 0 Å². The lowest BCUT2D eigenvalue weighted by Gasteiger charge is -1.88. The van der Waals surface area contributed by atoms with Crippen LogP contribution in [-0.2, 0) is 7.05 Å². The lowest BCUT2D eigenvalue weighted by Crippen LogP contribution is -2.33. The Labute approximate surface area is 79.8 Å². The molecule has 0 fully saturated rings. The molecule has 0 saturated carbocycles. The summed E-state index contributed by atoms with van der Waals surface area (Å²) >= 11 is 0. The minimum absolute atomic E-state index is 0.511. The normalized spacial score (nSPS) is 9.71. The van der Waals surface area contributed by atoms with Crippen LogP contribution in [0.25, 0.3) is 11.5 Å². The fraction of sp³-hybridized carbons (Fsp3) is 0.125. The molecule has 0 atom stereocenters. The van der Waals surface area contributed by atoms with Gasteiger partial charge in [0.15, 0.2) is 0 Å². The molecule has 2 aromatic rings. The monoisotopic (exact) mass is 187 g/mol. The van der Waals surface area contributed by atoms with E-state index in [0.717, 1.165) is 0 Å². The molecular weight excluding hydrogens is 180 g/mol. The lowest BCUT2D eigenvalue weighted by molar-refractivity contribution is -0.783. The molecule has 0 aliphatic rings. The van der Waals surface area contributed by atoms with Gasteiger partial charge in [-0.15, -0.1) is 0 Å². The topological polar surface area (TPSA) is 82.1 Å². The third-order valence-electron chi connectivity index (χ3n) is 1.67. The molecule has 6 heteroatoms. The van der Waals surface area contributed by atoms with Gasteiger partial charge in [-0.3, -0.25) is 0 Å². The van der Waals surface area contributed by atoms with Crippen LogP contribution < -0.4 is 4.80 Å². The number of nitriles is 1. The third-order valence-corrected chi connectivity index (χ3v) is 1.67. The molecule has 0 saturated heterocycles. The number of nitrogens with zero attached hydrogens (tertiary/aromatic N) is 5. The van der Waals surface area contributed by atoms with Crippen molar-refractivity contribution in [2.24, 2.45) is 7.05 Å². The van der Waals surface area contributed by atoms with Crippen molar-refractivity contribution in [2.75, 3.05) is 0 Å². The second-order valence-corrected chi connectivity index (χ2v) is 2.70. The summed E-state index contributed by atoms with van der Waals surface area (Å²) in [6.07, 6.45) is 1.49. The number of nitrogens with one attached hydrogen (secondary N) is 1. The van der Waals surface area contributed by atoms with Gasteiger partial charge in [-0.1, -0.05) is 4.80 Å². The van der Waals surface area contributed by atoms with Crippen LogP contribution in [-0.4, -0.2) is 20.4 Å². The first-order chi connectivity index (χ1) is 6.79. The number of aromatic nitrogens is 5. The smallest absolute Gasteiger partial charge is 0.249 e. The SMILES string of the molecule is C[n+]1nc(-c2ccc(C#N)cn2)n[nH]1. The third kappa shape index (κ3) is 1.43. The first kappa shape index (κ1) is 8.31. The lowest BCUT2D eigenvalue weighted by atomic mass is 10.2. The molecule has 0 amide bonds. The summed E-state index contributed by atoms with van der Waals surface area (Å²) in [6, 6.07) is 5.38. The molecule has 1 N–H and O–H groups in total. The van der Waals surface area contributed by atoms with E-state index in [-0.39, 0.29) is 0 Å². The van der Waals surface area contributed by atoms with E-state index < -0.39 is 0 Å². The van der Waals surface area contributed by atoms with Crippen LogP contribution in [0.5, 0.6) is 0 Å². The largest absolute Gasteiger partial charge is 0.356 e. The van der Waals surface area contributed by atoms with Gasteiger partial charge in [0.2, 0.25) is 0 Å². The Balaban J connectivity index is 2.39. The second kappa shape index (κ2) is 3.22. The van der Waals surface area contributed by atoms with Gasteiger partial charge in [-0.25, -0.2) is 4.98 Å². The molecule has 0 spiro atoms. The minimum atomic E-state index is 0.511. The zero-order valence-corrected chi connectivity index (χ0v) is 7.47. The van der Waals surface area contributed by atoms with Crippen LogP contribution in [0.1, 0.15) is 5.56 Å². The fourth-order valence-corrected chi connectivity index (χ4v) is 1.01. The highest BCUT2D eigenvalue weighted by Crippen LogP contribution is 2.08. The first-order valence-electron chi connectivity index (χ1n) is 3.95. The number of hydrogen-bond acceptors (Lipinski definition) is 4. The molecule has 2 rings (SSSR count). The molecule has 0 aliphatic carbocycles. The van der Waals surface area contributed by atoms with Gasteiger partial charge in [0.25, 0.3) is 0 Å². The average Bonchev–Trinajstić information content (AvgIpc) is 2.65. The zero-order valence-electron chi connectivity index (χ0n) is 7.47. The highest BCUT2D eigenvalue weighted by molar-refractivity contribution is 5.48. The van der Waals surface area contributed by atoms with Crippen LogP contribution in [0.3, 0.4) is 0 Å². The number of tetrazole rings is 1. The summed E-state index contributed by atoms with van der Waals surface area (Å²) in [5, 5.41) is 19.2. The van der Waals surface area contributed by atoms with Gasteiger partial charge < -0.3 is 0 Å². The fourth-order valence-electron chi connectivity index (χ4n) is 1.01. The molecule has 2 heterocycles. The first-order valence-corrected chi connectivity index (χ1v) is 3.95. The number of pyridine rings is 1. The maximum atomic E-state index is 8.57. The molecule has 0 radical (unpaired) electrons. The molecule has 14 heavy (non-hydrogen) atoms. The van der Waals surface area contributed by atoms with Gasteiger partial charge in [-0.05, 0) is 22.4 Å². The predicted octanol–water partition coefficient (Wildman–Crippen LogP) is -0.437. The van der Waals surface area contributed by atoms with Crippen molar-refractivity contribution in [3.63, 3.8) is 0 Å². The van der Waals surface area contributed by atoms with Crippen molar-refractivity contribution in [1.82, 2.24) is 20.4 Å². The molecule has 68 valence electrons. The molecule has 0 unspecified atom stereocenters. The maximum absolute atomic E-state index is 8.57. The highest BCUT2D eigenvalue weighted by atomic mass is 15.6. The minimum Gasteiger partial charge on any atom is -0.249 e. The molecular formula is C8H7N6+. The summed E-state index contributed by atoms with van der Waals surface area (Å²) < 4.78 is 0. The van der Waals surface area contributed by atoms with Crippen molar-refractivity contribution in [1.29, 1.82) is 5.26 Å². The van der Waals surface area contributed by atoms with Gasteiger partial charge >= 0.3 is 5.82 Å². The average molecular weight is 187 g/mol. The number of aromatic amines is 1. The summed E-state index contributed by atoms with van der Waals surface area (Å²) in [7, 11) is 1.74. The van der Waals surface area contributed by atoms with Crippen LogP contribution in [0.4, 0.5) is 0 Å². The van der Waals surface area contributed by atoms with Crippen molar-refractivity contribution in [3.8, 4) is 17.6 Å². The summed E-state index contributed by atoms with van der Waals surface area (Å²) in [4.78, 5) is 5.53. The van der Waals surface area contributed by atoms with E-state index in [1.165, 1.54) is 11.0 Å². The van der Waals surface area contributed by atoms with E-state index in [9.17, 15) is 0 Å². The van der Waals surface area contributed by atoms with Crippen molar-refractivity contribution in [3.05, 3.63) is 23.9 Å². The maximum Gasteiger partial charge on any atom is 0.356 e. The van der Waals surface area contributed by atoms with Gasteiger partial charge in [0.05, 0.1) is 10.7 Å².